The van der Waals surface area contributed by atoms with Gasteiger partial charge in [0.05, 0.1) is 0 Å². The smallest absolute Gasteiger partial charge is 0.220 e. The first-order valence-electron chi connectivity index (χ1n) is 8.21. The molecule has 0 spiro atoms. The second-order valence-corrected chi connectivity index (χ2v) is 6.16. The van der Waals surface area contributed by atoms with E-state index in [2.05, 4.69) is 29.6 Å². The van der Waals surface area contributed by atoms with Crippen molar-refractivity contribution >= 4 is 11.8 Å². The highest BCUT2D eigenvalue weighted by Gasteiger charge is 2.16. The molecule has 2 aromatic rings. The predicted octanol–water partition coefficient (Wildman–Crippen LogP) is 2.84. The quantitative estimate of drug-likeness (QED) is 0.784. The third-order valence-electron chi connectivity index (χ3n) is 3.99. The Balaban J connectivity index is 2.02. The molecule has 24 heavy (non-hydrogen) atoms. The van der Waals surface area contributed by atoms with Crippen molar-refractivity contribution in [2.75, 3.05) is 6.54 Å². The van der Waals surface area contributed by atoms with Gasteiger partial charge in [0.1, 0.15) is 0 Å². The number of nitrogens with two attached hydrogens (primary N) is 1. The lowest BCUT2D eigenvalue weighted by molar-refractivity contribution is -0.122. The molecule has 0 saturated heterocycles. The molecule has 4 heteroatoms. The molecule has 0 aliphatic heterocycles. The van der Waals surface area contributed by atoms with E-state index in [1.807, 2.05) is 43.3 Å². The van der Waals surface area contributed by atoms with E-state index >= 15 is 0 Å². The van der Waals surface area contributed by atoms with Crippen LogP contribution in [0, 0.1) is 5.92 Å². The van der Waals surface area contributed by atoms with Crippen LogP contribution in [0.5, 0.6) is 0 Å². The fourth-order valence-corrected chi connectivity index (χ4v) is 2.82. The van der Waals surface area contributed by atoms with E-state index < -0.39 is 0 Å². The molecule has 4 nitrogen and oxygen atoms in total. The van der Waals surface area contributed by atoms with Crippen molar-refractivity contribution in [1.82, 2.24) is 5.32 Å². The lowest BCUT2D eigenvalue weighted by atomic mass is 9.91. The molecular formula is C20H24N2O2. The van der Waals surface area contributed by atoms with Crippen LogP contribution >= 0.6 is 0 Å². The monoisotopic (exact) mass is 324 g/mol. The maximum absolute atomic E-state index is 12.1. The topological polar surface area (TPSA) is 72.2 Å². The molecule has 0 fully saturated rings. The van der Waals surface area contributed by atoms with E-state index in [0.29, 0.717) is 13.0 Å². The second kappa shape index (κ2) is 8.87. The van der Waals surface area contributed by atoms with E-state index in [0.717, 1.165) is 11.1 Å². The molecule has 0 saturated carbocycles. The van der Waals surface area contributed by atoms with E-state index in [-0.39, 0.29) is 30.1 Å². The normalized spacial score (nSPS) is 11.9. The zero-order valence-corrected chi connectivity index (χ0v) is 13.9. The molecule has 3 N–H and O–H groups in total. The maximum atomic E-state index is 12.1. The summed E-state index contributed by atoms with van der Waals surface area (Å²) in [6.07, 6.45) is 0.535. The average Bonchev–Trinajstić information content (AvgIpc) is 2.56. The van der Waals surface area contributed by atoms with Gasteiger partial charge in [-0.2, -0.15) is 0 Å². The lowest BCUT2D eigenvalue weighted by Crippen LogP contribution is -2.30. The standard InChI is InChI=1S/C20H24N2O2/c1-15(12-19(21)23)13-20(24)22-14-18(16-8-4-2-5-9-16)17-10-6-3-7-11-17/h2-11,15,18H,12-14H2,1H3,(H2,21,23)(H,22,24). The van der Waals surface area contributed by atoms with Crippen molar-refractivity contribution in [3.8, 4) is 0 Å². The van der Waals surface area contributed by atoms with Crippen molar-refractivity contribution in [3.05, 3.63) is 71.8 Å². The number of amides is 2. The fraction of sp³-hybridized carbons (Fsp3) is 0.300. The fourth-order valence-electron chi connectivity index (χ4n) is 2.82. The van der Waals surface area contributed by atoms with Crippen LogP contribution in [0.15, 0.2) is 60.7 Å². The first-order valence-corrected chi connectivity index (χ1v) is 8.21. The number of hydrogen-bond donors (Lipinski definition) is 2. The predicted molar refractivity (Wildman–Crippen MR) is 95.3 cm³/mol. The molecule has 0 aromatic heterocycles. The summed E-state index contributed by atoms with van der Waals surface area (Å²) in [4.78, 5) is 23.1. The number of primary amides is 1. The van der Waals surface area contributed by atoms with Gasteiger partial charge >= 0.3 is 0 Å². The Bertz CT molecular complexity index is 616. The van der Waals surface area contributed by atoms with E-state index in [9.17, 15) is 9.59 Å². The summed E-state index contributed by atoms with van der Waals surface area (Å²) in [6, 6.07) is 20.2. The van der Waals surface area contributed by atoms with Crippen LogP contribution in [0.3, 0.4) is 0 Å². The molecule has 126 valence electrons. The summed E-state index contributed by atoms with van der Waals surface area (Å²) >= 11 is 0. The molecule has 2 aromatic carbocycles. The Morgan fingerprint density at radius 2 is 1.42 bits per heavy atom. The Morgan fingerprint density at radius 3 is 1.88 bits per heavy atom. The summed E-state index contributed by atoms with van der Waals surface area (Å²) in [5.41, 5.74) is 7.50. The Hall–Kier alpha value is -2.62. The van der Waals surface area contributed by atoms with E-state index in [1.54, 1.807) is 0 Å². The summed E-state index contributed by atoms with van der Waals surface area (Å²) < 4.78 is 0. The first kappa shape index (κ1) is 17.7. The minimum atomic E-state index is -0.373. The Kier molecular flexibility index (Phi) is 6.55. The number of carbonyl (C=O) groups excluding carboxylic acids is 2. The van der Waals surface area contributed by atoms with Crippen molar-refractivity contribution in [2.45, 2.75) is 25.7 Å². The zero-order valence-electron chi connectivity index (χ0n) is 13.9. The van der Waals surface area contributed by atoms with Gasteiger partial charge < -0.3 is 11.1 Å². The highest BCUT2D eigenvalue weighted by Crippen LogP contribution is 2.23. The van der Waals surface area contributed by atoms with Crippen molar-refractivity contribution in [3.63, 3.8) is 0 Å². The SMILES string of the molecule is CC(CC(N)=O)CC(=O)NCC(c1ccccc1)c1ccccc1. The number of hydrogen-bond acceptors (Lipinski definition) is 2. The number of nitrogens with one attached hydrogen (secondary N) is 1. The molecule has 0 bridgehead atoms. The number of carbonyl (C=O) groups is 2. The highest BCUT2D eigenvalue weighted by molar-refractivity contribution is 5.78. The van der Waals surface area contributed by atoms with Crippen LogP contribution in [0.2, 0.25) is 0 Å². The molecule has 0 aliphatic carbocycles. The van der Waals surface area contributed by atoms with Crippen molar-refractivity contribution in [1.29, 1.82) is 0 Å². The Morgan fingerprint density at radius 1 is 0.917 bits per heavy atom. The third kappa shape index (κ3) is 5.54. The summed E-state index contributed by atoms with van der Waals surface area (Å²) in [5.74, 6) is -0.375. The third-order valence-corrected chi connectivity index (χ3v) is 3.99. The number of rotatable bonds is 8. The van der Waals surface area contributed by atoms with Gasteiger partial charge in [-0.3, -0.25) is 9.59 Å². The second-order valence-electron chi connectivity index (χ2n) is 6.16. The molecule has 0 aliphatic rings. The van der Waals surface area contributed by atoms with Gasteiger partial charge in [0.15, 0.2) is 0 Å². The van der Waals surface area contributed by atoms with Crippen LogP contribution in [0.25, 0.3) is 0 Å². The van der Waals surface area contributed by atoms with Gasteiger partial charge in [-0.1, -0.05) is 67.6 Å². The van der Waals surface area contributed by atoms with E-state index in [4.69, 9.17) is 5.73 Å². The zero-order chi connectivity index (χ0) is 17.4. The van der Waals surface area contributed by atoms with Crippen LogP contribution in [0.4, 0.5) is 0 Å². The summed E-state index contributed by atoms with van der Waals surface area (Å²) in [5, 5.41) is 2.99. The molecule has 1 atom stereocenters. The molecule has 0 heterocycles. The highest BCUT2D eigenvalue weighted by atomic mass is 16.2. The minimum Gasteiger partial charge on any atom is -0.370 e. The van der Waals surface area contributed by atoms with Crippen LogP contribution in [-0.4, -0.2) is 18.4 Å². The average molecular weight is 324 g/mol. The largest absolute Gasteiger partial charge is 0.370 e. The van der Waals surface area contributed by atoms with Gasteiger partial charge in [0, 0.05) is 25.3 Å². The van der Waals surface area contributed by atoms with Crippen LogP contribution in [-0.2, 0) is 9.59 Å². The maximum Gasteiger partial charge on any atom is 0.220 e. The summed E-state index contributed by atoms with van der Waals surface area (Å²) in [7, 11) is 0. The molecule has 2 rings (SSSR count). The lowest BCUT2D eigenvalue weighted by Gasteiger charge is -2.19. The van der Waals surface area contributed by atoms with Crippen LogP contribution in [0.1, 0.15) is 36.8 Å². The van der Waals surface area contributed by atoms with Crippen LogP contribution < -0.4 is 11.1 Å². The summed E-state index contributed by atoms with van der Waals surface area (Å²) in [6.45, 7) is 2.38. The number of benzene rings is 2. The van der Waals surface area contributed by atoms with Gasteiger partial charge in [-0.15, -0.1) is 0 Å². The molecule has 0 radical (unpaired) electrons. The van der Waals surface area contributed by atoms with Gasteiger partial charge in [0.25, 0.3) is 0 Å². The molecule has 2 amide bonds. The van der Waals surface area contributed by atoms with Crippen molar-refractivity contribution < 1.29 is 9.59 Å². The Labute approximate surface area is 143 Å². The van der Waals surface area contributed by atoms with Gasteiger partial charge in [-0.25, -0.2) is 0 Å². The molecule has 1 unspecified atom stereocenters. The molecular weight excluding hydrogens is 300 g/mol. The van der Waals surface area contributed by atoms with Gasteiger partial charge in [-0.05, 0) is 17.0 Å². The minimum absolute atomic E-state index is 0.0469. The van der Waals surface area contributed by atoms with Crippen molar-refractivity contribution in [2.24, 2.45) is 11.7 Å². The van der Waals surface area contributed by atoms with Gasteiger partial charge in [0.2, 0.25) is 11.8 Å². The van der Waals surface area contributed by atoms with E-state index in [1.165, 1.54) is 0 Å². The first-order chi connectivity index (χ1) is 11.6.